The van der Waals surface area contributed by atoms with Crippen LogP contribution in [-0.2, 0) is 0 Å². The summed E-state index contributed by atoms with van der Waals surface area (Å²) in [4.78, 5) is 14.1. The van der Waals surface area contributed by atoms with Crippen LogP contribution in [0, 0.1) is 0 Å². The number of hydrogen-bond acceptors (Lipinski definition) is 4. The molecule has 3 nitrogen and oxygen atoms in total. The van der Waals surface area contributed by atoms with Crippen molar-refractivity contribution in [1.29, 1.82) is 0 Å². The van der Waals surface area contributed by atoms with Gasteiger partial charge in [0.2, 0.25) is 0 Å². The zero-order chi connectivity index (χ0) is 27.3. The summed E-state index contributed by atoms with van der Waals surface area (Å²) in [7, 11) is 3.12. The fourth-order valence-corrected chi connectivity index (χ4v) is 5.60. The summed E-state index contributed by atoms with van der Waals surface area (Å²) >= 11 is 1.92. The Balaban J connectivity index is 1.54. The van der Waals surface area contributed by atoms with E-state index < -0.39 is 0 Å². The van der Waals surface area contributed by atoms with Gasteiger partial charge in [-0.05, 0) is 48.1 Å². The van der Waals surface area contributed by atoms with Gasteiger partial charge in [-0.3, -0.25) is 4.79 Å². The molecule has 38 heavy (non-hydrogen) atoms. The molecule has 4 heteroatoms. The SMILES string of the molecule is CCCCCCCCCCCCCCCCCSc1ccc(/C=C/C(=O)c2c(OC)cccc2OC)cc1. The molecule has 0 fully saturated rings. The molecule has 0 unspecified atom stereocenters. The van der Waals surface area contributed by atoms with Crippen molar-refractivity contribution in [2.45, 2.75) is 108 Å². The van der Waals surface area contributed by atoms with Gasteiger partial charge in [0.1, 0.15) is 17.1 Å². The van der Waals surface area contributed by atoms with Crippen LogP contribution >= 0.6 is 11.8 Å². The van der Waals surface area contributed by atoms with Crippen LogP contribution in [-0.4, -0.2) is 25.8 Å². The third-order valence-corrected chi connectivity index (χ3v) is 8.10. The monoisotopic (exact) mass is 538 g/mol. The van der Waals surface area contributed by atoms with Gasteiger partial charge in [-0.15, -0.1) is 11.8 Å². The third-order valence-electron chi connectivity index (χ3n) is 7.00. The minimum atomic E-state index is -0.133. The Hall–Kier alpha value is -2.20. The smallest absolute Gasteiger partial charge is 0.193 e. The van der Waals surface area contributed by atoms with Crippen LogP contribution in [0.5, 0.6) is 11.5 Å². The maximum Gasteiger partial charge on any atom is 0.193 e. The van der Waals surface area contributed by atoms with E-state index in [9.17, 15) is 4.79 Å². The first-order valence-electron chi connectivity index (χ1n) is 14.9. The second-order valence-electron chi connectivity index (χ2n) is 10.1. The summed E-state index contributed by atoms with van der Waals surface area (Å²) in [5.41, 5.74) is 1.45. The molecule has 0 atom stereocenters. The lowest BCUT2D eigenvalue weighted by Gasteiger charge is -2.10. The average Bonchev–Trinajstić information content (AvgIpc) is 2.95. The molecule has 210 valence electrons. The highest BCUT2D eigenvalue weighted by atomic mass is 32.2. The molecule has 0 saturated heterocycles. The summed E-state index contributed by atoms with van der Waals surface area (Å²) in [5.74, 6) is 2.07. The fraction of sp³-hybridized carbons (Fsp3) is 0.559. The maximum absolute atomic E-state index is 12.8. The lowest BCUT2D eigenvalue weighted by molar-refractivity contribution is 0.104. The van der Waals surface area contributed by atoms with E-state index in [1.54, 1.807) is 32.4 Å². The molecular weight excluding hydrogens is 488 g/mol. The van der Waals surface area contributed by atoms with Gasteiger partial charge < -0.3 is 9.47 Å². The summed E-state index contributed by atoms with van der Waals surface area (Å²) in [5, 5.41) is 0. The summed E-state index contributed by atoms with van der Waals surface area (Å²) < 4.78 is 10.7. The van der Waals surface area contributed by atoms with Crippen LogP contribution in [0.4, 0.5) is 0 Å². The number of thioether (sulfide) groups is 1. The van der Waals surface area contributed by atoms with E-state index in [1.807, 2.05) is 23.9 Å². The van der Waals surface area contributed by atoms with Crippen LogP contribution in [0.1, 0.15) is 119 Å². The largest absolute Gasteiger partial charge is 0.496 e. The molecule has 0 amide bonds. The normalized spacial score (nSPS) is 11.2. The van der Waals surface area contributed by atoms with Crippen LogP contribution < -0.4 is 9.47 Å². The second kappa shape index (κ2) is 20.7. The predicted molar refractivity (Wildman–Crippen MR) is 165 cm³/mol. The van der Waals surface area contributed by atoms with Gasteiger partial charge in [-0.25, -0.2) is 0 Å². The van der Waals surface area contributed by atoms with Crippen molar-refractivity contribution in [2.24, 2.45) is 0 Å². The zero-order valence-electron chi connectivity index (χ0n) is 24.1. The number of unbranched alkanes of at least 4 members (excludes halogenated alkanes) is 14. The van der Waals surface area contributed by atoms with E-state index in [4.69, 9.17) is 9.47 Å². The van der Waals surface area contributed by atoms with E-state index in [1.165, 1.54) is 107 Å². The van der Waals surface area contributed by atoms with E-state index in [2.05, 4.69) is 31.2 Å². The Bertz CT molecular complexity index is 898. The molecule has 0 spiro atoms. The molecule has 2 aromatic rings. The van der Waals surface area contributed by atoms with Gasteiger partial charge in [0, 0.05) is 4.90 Å². The molecule has 0 aliphatic heterocycles. The Morgan fingerprint density at radius 2 is 1.16 bits per heavy atom. The van der Waals surface area contributed by atoms with E-state index in [-0.39, 0.29) is 5.78 Å². The number of carbonyl (C=O) groups excluding carboxylic acids is 1. The third kappa shape index (κ3) is 13.0. The summed E-state index contributed by atoms with van der Waals surface area (Å²) in [6.07, 6.45) is 24.5. The molecule has 0 radical (unpaired) electrons. The van der Waals surface area contributed by atoms with E-state index in [0.717, 1.165) is 5.56 Å². The van der Waals surface area contributed by atoms with Crippen molar-refractivity contribution in [3.05, 3.63) is 59.7 Å². The highest BCUT2D eigenvalue weighted by molar-refractivity contribution is 7.99. The Morgan fingerprint density at radius 3 is 1.63 bits per heavy atom. The lowest BCUT2D eigenvalue weighted by Crippen LogP contribution is -2.02. The number of allylic oxidation sites excluding steroid dienone is 1. The molecule has 0 aromatic heterocycles. The van der Waals surface area contributed by atoms with Gasteiger partial charge in [0.15, 0.2) is 5.78 Å². The molecule has 2 rings (SSSR count). The summed E-state index contributed by atoms with van der Waals surface area (Å²) in [6, 6.07) is 13.8. The number of rotatable bonds is 22. The number of hydrogen-bond donors (Lipinski definition) is 0. The highest BCUT2D eigenvalue weighted by Crippen LogP contribution is 2.29. The Morgan fingerprint density at radius 1 is 0.684 bits per heavy atom. The first-order chi connectivity index (χ1) is 18.7. The summed E-state index contributed by atoms with van der Waals surface area (Å²) in [6.45, 7) is 2.29. The van der Waals surface area contributed by atoms with Gasteiger partial charge in [0.25, 0.3) is 0 Å². The lowest BCUT2D eigenvalue weighted by atomic mass is 10.0. The topological polar surface area (TPSA) is 35.5 Å². The Labute approximate surface area is 236 Å². The fourth-order valence-electron chi connectivity index (χ4n) is 4.69. The average molecular weight is 539 g/mol. The number of carbonyl (C=O) groups is 1. The maximum atomic E-state index is 12.8. The van der Waals surface area contributed by atoms with Gasteiger partial charge in [0.05, 0.1) is 14.2 Å². The standard InChI is InChI=1S/C34H50O3S/c1-4-5-6-7-8-9-10-11-12-13-14-15-16-17-18-28-38-30-25-22-29(23-26-30)24-27-31(35)34-32(36-2)20-19-21-33(34)37-3/h19-27H,4-18,28H2,1-3H3/b27-24+. The zero-order valence-corrected chi connectivity index (χ0v) is 25.0. The Kier molecular flexibility index (Phi) is 17.5. The van der Waals surface area contributed by atoms with Crippen molar-refractivity contribution in [3.8, 4) is 11.5 Å². The van der Waals surface area contributed by atoms with Crippen LogP contribution in [0.15, 0.2) is 53.4 Å². The van der Waals surface area contributed by atoms with Crippen molar-refractivity contribution in [2.75, 3.05) is 20.0 Å². The first kappa shape index (κ1) is 32.0. The number of ether oxygens (including phenoxy) is 2. The van der Waals surface area contributed by atoms with E-state index in [0.29, 0.717) is 17.1 Å². The molecule has 0 aliphatic carbocycles. The van der Waals surface area contributed by atoms with Crippen molar-refractivity contribution in [3.63, 3.8) is 0 Å². The van der Waals surface area contributed by atoms with Gasteiger partial charge in [-0.2, -0.15) is 0 Å². The minimum absolute atomic E-state index is 0.133. The van der Waals surface area contributed by atoms with Crippen molar-refractivity contribution >= 4 is 23.6 Å². The van der Waals surface area contributed by atoms with Crippen molar-refractivity contribution < 1.29 is 14.3 Å². The highest BCUT2D eigenvalue weighted by Gasteiger charge is 2.15. The number of methoxy groups -OCH3 is 2. The molecule has 0 bridgehead atoms. The van der Waals surface area contributed by atoms with Gasteiger partial charge >= 0.3 is 0 Å². The second-order valence-corrected chi connectivity index (χ2v) is 11.3. The molecule has 0 heterocycles. The molecular formula is C34H50O3S. The van der Waals surface area contributed by atoms with Crippen molar-refractivity contribution in [1.82, 2.24) is 0 Å². The molecule has 0 aliphatic rings. The van der Waals surface area contributed by atoms with Gasteiger partial charge in [-0.1, -0.05) is 121 Å². The minimum Gasteiger partial charge on any atom is -0.496 e. The van der Waals surface area contributed by atoms with Crippen LogP contribution in [0.2, 0.25) is 0 Å². The molecule has 2 aromatic carbocycles. The van der Waals surface area contributed by atoms with Crippen LogP contribution in [0.3, 0.4) is 0 Å². The predicted octanol–water partition coefficient (Wildman–Crippen LogP) is 10.6. The van der Waals surface area contributed by atoms with E-state index >= 15 is 0 Å². The van der Waals surface area contributed by atoms with Crippen LogP contribution in [0.25, 0.3) is 6.08 Å². The number of ketones is 1. The first-order valence-corrected chi connectivity index (χ1v) is 15.8. The molecule has 0 saturated carbocycles. The number of benzene rings is 2. The quantitative estimate of drug-likeness (QED) is 0.0646. The molecule has 0 N–H and O–H groups in total.